The fourth-order valence-electron chi connectivity index (χ4n) is 3.41. The second kappa shape index (κ2) is 5.49. The Morgan fingerprint density at radius 3 is 1.87 bits per heavy atom. The summed E-state index contributed by atoms with van der Waals surface area (Å²) in [5.74, 6) is 0. The van der Waals surface area contributed by atoms with Gasteiger partial charge in [-0.15, -0.1) is 6.61 Å². The number of para-hydroxylation sites is 2. The van der Waals surface area contributed by atoms with Crippen molar-refractivity contribution < 1.29 is 9.67 Å². The summed E-state index contributed by atoms with van der Waals surface area (Å²) >= 11 is 0. The Kier molecular flexibility index (Phi) is 3.32. The lowest BCUT2D eigenvalue weighted by Crippen LogP contribution is -2.30. The largest absolute Gasteiger partial charge is 0.851 e. The first kappa shape index (κ1) is 13.9. The van der Waals surface area contributed by atoms with Crippen molar-refractivity contribution in [3.63, 3.8) is 0 Å². The molecule has 0 radical (unpaired) electrons. The first-order valence-electron chi connectivity index (χ1n) is 7.77. The standard InChI is InChI=1S/C21H17NO/c1-22-19-12-6-4-10-17(19)21(18-11-5-7-13-20(18)22)16-9-3-2-8-15(16)14-23/h2-13H,14H2,1H3. The Bertz CT molecular complexity index is 964. The fourth-order valence-corrected chi connectivity index (χ4v) is 3.41. The molecule has 2 heteroatoms. The van der Waals surface area contributed by atoms with E-state index in [1.807, 2.05) is 18.2 Å². The second-order valence-corrected chi connectivity index (χ2v) is 5.77. The highest BCUT2D eigenvalue weighted by atomic mass is 16.3. The Hall–Kier alpha value is -2.71. The predicted molar refractivity (Wildman–Crippen MR) is 91.8 cm³/mol. The zero-order valence-electron chi connectivity index (χ0n) is 13.0. The Labute approximate surface area is 135 Å². The van der Waals surface area contributed by atoms with E-state index in [2.05, 4.69) is 66.2 Å². The van der Waals surface area contributed by atoms with Gasteiger partial charge in [-0.05, 0) is 17.7 Å². The lowest BCUT2D eigenvalue weighted by Gasteiger charge is -2.15. The van der Waals surface area contributed by atoms with Crippen molar-refractivity contribution in [1.29, 1.82) is 0 Å². The smallest absolute Gasteiger partial charge is 0.213 e. The minimum absolute atomic E-state index is 0.208. The monoisotopic (exact) mass is 299 g/mol. The third-order valence-corrected chi connectivity index (χ3v) is 4.51. The van der Waals surface area contributed by atoms with Crippen LogP contribution in [0.25, 0.3) is 32.9 Å². The van der Waals surface area contributed by atoms with E-state index in [1.165, 1.54) is 21.8 Å². The quantitative estimate of drug-likeness (QED) is 0.412. The first-order valence-corrected chi connectivity index (χ1v) is 7.77. The molecule has 0 bridgehead atoms. The number of fused-ring (bicyclic) bond motifs is 2. The number of rotatable bonds is 2. The number of benzene rings is 3. The van der Waals surface area contributed by atoms with Crippen LogP contribution in [-0.4, -0.2) is 0 Å². The van der Waals surface area contributed by atoms with Gasteiger partial charge in [-0.2, -0.15) is 4.57 Å². The molecule has 0 atom stereocenters. The van der Waals surface area contributed by atoms with Crippen LogP contribution in [0.5, 0.6) is 0 Å². The van der Waals surface area contributed by atoms with Crippen LogP contribution in [0.2, 0.25) is 0 Å². The number of pyridine rings is 1. The number of hydrogen-bond acceptors (Lipinski definition) is 1. The zero-order valence-corrected chi connectivity index (χ0v) is 13.0. The molecular formula is C21H17NO. The minimum atomic E-state index is -0.208. The van der Waals surface area contributed by atoms with Crippen LogP contribution in [0.4, 0.5) is 0 Å². The molecule has 0 aliphatic rings. The summed E-state index contributed by atoms with van der Waals surface area (Å²) < 4.78 is 2.22. The summed E-state index contributed by atoms with van der Waals surface area (Å²) in [5.41, 5.74) is 5.37. The molecule has 1 aromatic heterocycles. The van der Waals surface area contributed by atoms with Crippen molar-refractivity contribution in [2.75, 3.05) is 0 Å². The number of hydrogen-bond donors (Lipinski definition) is 0. The molecule has 112 valence electrons. The van der Waals surface area contributed by atoms with E-state index in [0.717, 1.165) is 16.7 Å². The zero-order chi connectivity index (χ0) is 15.8. The van der Waals surface area contributed by atoms with Gasteiger partial charge in [0, 0.05) is 17.7 Å². The molecule has 0 N–H and O–H groups in total. The van der Waals surface area contributed by atoms with Crippen LogP contribution < -0.4 is 9.67 Å². The average Bonchev–Trinajstić information content (AvgIpc) is 2.62. The first-order chi connectivity index (χ1) is 11.3. The van der Waals surface area contributed by atoms with Crippen LogP contribution >= 0.6 is 0 Å². The highest BCUT2D eigenvalue weighted by Gasteiger charge is 2.18. The van der Waals surface area contributed by atoms with Crippen molar-refractivity contribution >= 4 is 21.8 Å². The summed E-state index contributed by atoms with van der Waals surface area (Å²) in [5, 5.41) is 14.0. The van der Waals surface area contributed by atoms with Crippen molar-refractivity contribution in [2.24, 2.45) is 7.05 Å². The van der Waals surface area contributed by atoms with Gasteiger partial charge >= 0.3 is 0 Å². The van der Waals surface area contributed by atoms with Crippen LogP contribution in [0.1, 0.15) is 5.56 Å². The molecule has 2 nitrogen and oxygen atoms in total. The molecule has 3 aromatic carbocycles. The van der Waals surface area contributed by atoms with Gasteiger partial charge in [-0.1, -0.05) is 54.1 Å². The van der Waals surface area contributed by atoms with E-state index in [9.17, 15) is 5.11 Å². The maximum atomic E-state index is 11.7. The summed E-state index contributed by atoms with van der Waals surface area (Å²) in [6.45, 7) is -0.208. The van der Waals surface area contributed by atoms with Crippen molar-refractivity contribution in [1.82, 2.24) is 0 Å². The van der Waals surface area contributed by atoms with Crippen LogP contribution in [0.3, 0.4) is 0 Å². The summed E-state index contributed by atoms with van der Waals surface area (Å²) in [4.78, 5) is 0. The summed E-state index contributed by atoms with van der Waals surface area (Å²) in [6.07, 6.45) is 0. The van der Waals surface area contributed by atoms with E-state index < -0.39 is 0 Å². The second-order valence-electron chi connectivity index (χ2n) is 5.77. The molecule has 4 rings (SSSR count). The van der Waals surface area contributed by atoms with Gasteiger partial charge in [0.15, 0.2) is 0 Å². The Morgan fingerprint density at radius 1 is 0.739 bits per heavy atom. The van der Waals surface area contributed by atoms with Crippen molar-refractivity contribution in [3.05, 3.63) is 78.4 Å². The molecule has 0 spiro atoms. The number of nitrogens with zero attached hydrogens (tertiary/aromatic N) is 1. The van der Waals surface area contributed by atoms with E-state index in [-0.39, 0.29) is 6.61 Å². The third-order valence-electron chi connectivity index (χ3n) is 4.51. The third kappa shape index (κ3) is 2.11. The molecule has 0 amide bonds. The summed E-state index contributed by atoms with van der Waals surface area (Å²) in [7, 11) is 2.09. The molecular weight excluding hydrogens is 282 g/mol. The molecule has 0 saturated heterocycles. The summed E-state index contributed by atoms with van der Waals surface area (Å²) in [6, 6.07) is 24.7. The maximum Gasteiger partial charge on any atom is 0.213 e. The highest BCUT2D eigenvalue weighted by molar-refractivity contribution is 6.07. The normalized spacial score (nSPS) is 11.2. The topological polar surface area (TPSA) is 26.9 Å². The fraction of sp³-hybridized carbons (Fsp3) is 0.0952. The molecule has 0 aliphatic heterocycles. The highest BCUT2D eigenvalue weighted by Crippen LogP contribution is 2.35. The van der Waals surface area contributed by atoms with Gasteiger partial charge in [-0.25, -0.2) is 0 Å². The van der Waals surface area contributed by atoms with E-state index in [0.29, 0.717) is 0 Å². The molecule has 1 heterocycles. The van der Waals surface area contributed by atoms with E-state index in [4.69, 9.17) is 0 Å². The number of aryl methyl sites for hydroxylation is 1. The van der Waals surface area contributed by atoms with Gasteiger partial charge in [0.25, 0.3) is 0 Å². The predicted octanol–water partition coefficient (Wildman–Crippen LogP) is 3.34. The van der Waals surface area contributed by atoms with Gasteiger partial charge in [-0.3, -0.25) is 0 Å². The lowest BCUT2D eigenvalue weighted by atomic mass is 9.93. The molecule has 23 heavy (non-hydrogen) atoms. The van der Waals surface area contributed by atoms with E-state index in [1.54, 1.807) is 0 Å². The van der Waals surface area contributed by atoms with Crippen LogP contribution in [-0.2, 0) is 13.7 Å². The van der Waals surface area contributed by atoms with Gasteiger partial charge in [0.2, 0.25) is 11.0 Å². The van der Waals surface area contributed by atoms with Gasteiger partial charge in [0.1, 0.15) is 7.05 Å². The van der Waals surface area contributed by atoms with Crippen LogP contribution in [0, 0.1) is 0 Å². The minimum Gasteiger partial charge on any atom is -0.851 e. The molecule has 0 unspecified atom stereocenters. The Balaban J connectivity index is 2.26. The SMILES string of the molecule is C[n+]1c2ccccc2c(-c2ccccc2C[O-])c2ccccc21. The van der Waals surface area contributed by atoms with Gasteiger partial charge < -0.3 is 5.11 Å². The van der Waals surface area contributed by atoms with Crippen molar-refractivity contribution in [3.8, 4) is 11.1 Å². The molecule has 0 aliphatic carbocycles. The average molecular weight is 299 g/mol. The van der Waals surface area contributed by atoms with E-state index >= 15 is 0 Å². The lowest BCUT2D eigenvalue weighted by molar-refractivity contribution is -0.617. The Morgan fingerprint density at radius 2 is 1.26 bits per heavy atom. The van der Waals surface area contributed by atoms with Crippen molar-refractivity contribution in [2.45, 2.75) is 6.61 Å². The molecule has 0 fully saturated rings. The molecule has 4 aromatic rings. The molecule has 0 saturated carbocycles. The van der Waals surface area contributed by atoms with Gasteiger partial charge in [0.05, 0.1) is 10.8 Å². The maximum absolute atomic E-state index is 11.7. The van der Waals surface area contributed by atoms with Crippen LogP contribution in [0.15, 0.2) is 72.8 Å². The number of aromatic nitrogens is 1.